The van der Waals surface area contributed by atoms with E-state index in [1.54, 1.807) is 7.11 Å². The molecule has 10 heteroatoms. The molecule has 2 aliphatic rings. The number of rotatable bonds is 15. The quantitative estimate of drug-likeness (QED) is 0.115. The summed E-state index contributed by atoms with van der Waals surface area (Å²) in [7, 11) is 1.66. The van der Waals surface area contributed by atoms with Crippen molar-refractivity contribution in [2.24, 2.45) is 5.92 Å². The predicted molar refractivity (Wildman–Crippen MR) is 138 cm³/mol. The number of methoxy groups -OCH3 is 1. The van der Waals surface area contributed by atoms with E-state index in [0.29, 0.717) is 32.7 Å². The van der Waals surface area contributed by atoms with Crippen LogP contribution >= 0.6 is 12.8 Å². The minimum absolute atomic E-state index is 0.0545. The van der Waals surface area contributed by atoms with Gasteiger partial charge in [0.2, 0.25) is 5.91 Å². The Hall–Kier alpha value is -1.33. The number of allylic oxidation sites excluding steroid dienone is 1. The molecule has 1 spiro atoms. The van der Waals surface area contributed by atoms with Crippen molar-refractivity contribution in [1.29, 1.82) is 0 Å². The molecular weight excluding hydrogens is 470 g/mol. The summed E-state index contributed by atoms with van der Waals surface area (Å²) in [4.78, 5) is 23.8. The highest BCUT2D eigenvalue weighted by molar-refractivity contribution is 7.78. The molecule has 0 aromatic carbocycles. The standard InChI is InChI=1S/C25H45N3O6S/c1-18(2)11-15-32-24(3,4)22-21(31-5)19(10-12-25(22)17-33-25)34-23(30)27-14-9-7-6-8-13-26-20(29)16-28-35/h11,19,21-22,28,35H,6-10,12-17H2,1-5H3,(H,26,29)(H,27,30). The van der Waals surface area contributed by atoms with Crippen molar-refractivity contribution in [1.82, 2.24) is 15.4 Å². The highest BCUT2D eigenvalue weighted by Gasteiger charge is 2.64. The van der Waals surface area contributed by atoms with Crippen molar-refractivity contribution in [2.75, 3.05) is 40.0 Å². The van der Waals surface area contributed by atoms with Crippen molar-refractivity contribution in [3.05, 3.63) is 11.6 Å². The van der Waals surface area contributed by atoms with Crippen LogP contribution in [0.15, 0.2) is 11.6 Å². The number of ether oxygens (including phenoxy) is 4. The average Bonchev–Trinajstić information content (AvgIpc) is 3.55. The van der Waals surface area contributed by atoms with Crippen molar-refractivity contribution >= 4 is 24.8 Å². The first-order valence-corrected chi connectivity index (χ1v) is 13.1. The molecule has 2 amide bonds. The van der Waals surface area contributed by atoms with Crippen molar-refractivity contribution in [3.63, 3.8) is 0 Å². The number of carbonyl (C=O) groups is 2. The molecule has 2 fully saturated rings. The minimum atomic E-state index is -0.510. The van der Waals surface area contributed by atoms with Gasteiger partial charge in [-0.1, -0.05) is 37.3 Å². The third-order valence-corrected chi connectivity index (χ3v) is 6.95. The van der Waals surface area contributed by atoms with Gasteiger partial charge in [0.15, 0.2) is 0 Å². The molecule has 4 atom stereocenters. The second-order valence-corrected chi connectivity index (χ2v) is 10.6. The fraction of sp³-hybridized carbons (Fsp3) is 0.840. The van der Waals surface area contributed by atoms with Gasteiger partial charge < -0.3 is 29.6 Å². The lowest BCUT2D eigenvalue weighted by Crippen LogP contribution is -2.59. The number of hydrogen-bond acceptors (Lipinski definition) is 8. The first kappa shape index (κ1) is 29.9. The van der Waals surface area contributed by atoms with Crippen LogP contribution in [0.25, 0.3) is 0 Å². The van der Waals surface area contributed by atoms with E-state index in [0.717, 1.165) is 32.1 Å². The van der Waals surface area contributed by atoms with E-state index in [1.165, 1.54) is 5.57 Å². The molecule has 4 unspecified atom stereocenters. The van der Waals surface area contributed by atoms with Gasteiger partial charge >= 0.3 is 6.09 Å². The zero-order valence-corrected chi connectivity index (χ0v) is 22.9. The van der Waals surface area contributed by atoms with E-state index < -0.39 is 11.7 Å². The summed E-state index contributed by atoms with van der Waals surface area (Å²) < 4.78 is 26.4. The molecule has 0 radical (unpaired) electrons. The van der Waals surface area contributed by atoms with Gasteiger partial charge in [-0.15, -0.1) is 0 Å². The zero-order chi connectivity index (χ0) is 25.9. The molecule has 0 aromatic heterocycles. The van der Waals surface area contributed by atoms with Crippen LogP contribution in [0.2, 0.25) is 0 Å². The molecule has 1 saturated heterocycles. The van der Waals surface area contributed by atoms with Gasteiger partial charge in [0.1, 0.15) is 12.2 Å². The topological polar surface area (TPSA) is 110 Å². The summed E-state index contributed by atoms with van der Waals surface area (Å²) in [6.07, 6.45) is 6.17. The highest BCUT2D eigenvalue weighted by atomic mass is 32.1. The fourth-order valence-electron chi connectivity index (χ4n) is 4.93. The number of thiol groups is 1. The van der Waals surface area contributed by atoms with E-state index >= 15 is 0 Å². The SMILES string of the molecule is COC1C(OC(=O)NCCCCCCNC(=O)CNS)CCC2(CO2)C1C(C)(C)OCC=C(C)C. The Morgan fingerprint density at radius 1 is 1.14 bits per heavy atom. The van der Waals surface area contributed by atoms with Crippen LogP contribution in [0.3, 0.4) is 0 Å². The van der Waals surface area contributed by atoms with Gasteiger partial charge in [-0.05, 0) is 53.4 Å². The Bertz CT molecular complexity index is 709. The summed E-state index contributed by atoms with van der Waals surface area (Å²) in [6, 6.07) is 0. The number of alkyl carbamates (subject to hydrolysis) is 1. The van der Waals surface area contributed by atoms with Crippen LogP contribution in [0.4, 0.5) is 4.79 Å². The van der Waals surface area contributed by atoms with Crippen molar-refractivity contribution < 1.29 is 28.5 Å². The Labute approximate surface area is 216 Å². The van der Waals surface area contributed by atoms with Gasteiger partial charge in [0.05, 0.1) is 31.0 Å². The maximum Gasteiger partial charge on any atom is 0.407 e. The first-order valence-electron chi connectivity index (χ1n) is 12.7. The molecule has 0 bridgehead atoms. The van der Waals surface area contributed by atoms with Gasteiger partial charge in [-0.3, -0.25) is 9.52 Å². The van der Waals surface area contributed by atoms with E-state index in [-0.39, 0.29) is 36.2 Å². The predicted octanol–water partition coefficient (Wildman–Crippen LogP) is 3.15. The summed E-state index contributed by atoms with van der Waals surface area (Å²) in [5, 5.41) is 5.68. The largest absolute Gasteiger partial charge is 0.443 e. The summed E-state index contributed by atoms with van der Waals surface area (Å²) in [5.74, 6) is -0.119. The van der Waals surface area contributed by atoms with E-state index in [4.69, 9.17) is 18.9 Å². The number of carbonyl (C=O) groups excluding carboxylic acids is 2. The smallest absolute Gasteiger partial charge is 0.407 e. The monoisotopic (exact) mass is 515 g/mol. The Morgan fingerprint density at radius 2 is 1.80 bits per heavy atom. The second kappa shape index (κ2) is 14.4. The van der Waals surface area contributed by atoms with Gasteiger partial charge in [0.25, 0.3) is 0 Å². The number of epoxide rings is 1. The van der Waals surface area contributed by atoms with Crippen LogP contribution in [0, 0.1) is 5.92 Å². The Balaban J connectivity index is 1.76. The van der Waals surface area contributed by atoms with Crippen molar-refractivity contribution in [2.45, 2.75) is 89.6 Å². The zero-order valence-electron chi connectivity index (χ0n) is 22.0. The molecule has 1 saturated carbocycles. The highest BCUT2D eigenvalue weighted by Crippen LogP contribution is 2.52. The molecule has 9 nitrogen and oxygen atoms in total. The van der Waals surface area contributed by atoms with E-state index in [2.05, 4.69) is 48.1 Å². The Kier molecular flexibility index (Phi) is 12.3. The molecular formula is C25H45N3O6S. The summed E-state index contributed by atoms with van der Waals surface area (Å²) in [5.41, 5.74) is 0.426. The fourth-order valence-corrected chi connectivity index (χ4v) is 5.07. The van der Waals surface area contributed by atoms with Crippen LogP contribution in [-0.2, 0) is 23.7 Å². The lowest BCUT2D eigenvalue weighted by atomic mass is 9.68. The van der Waals surface area contributed by atoms with Crippen LogP contribution in [0.5, 0.6) is 0 Å². The van der Waals surface area contributed by atoms with Gasteiger partial charge in [-0.25, -0.2) is 4.79 Å². The minimum Gasteiger partial charge on any atom is -0.443 e. The third-order valence-electron chi connectivity index (χ3n) is 6.79. The number of nitrogens with one attached hydrogen (secondary N) is 3. The third kappa shape index (κ3) is 9.57. The van der Waals surface area contributed by atoms with Gasteiger partial charge in [-0.2, -0.15) is 0 Å². The molecule has 0 aromatic rings. The molecule has 2 rings (SSSR count). The molecule has 1 aliphatic carbocycles. The summed E-state index contributed by atoms with van der Waals surface area (Å²) >= 11 is 3.80. The second-order valence-electron chi connectivity index (χ2n) is 10.2. The Morgan fingerprint density at radius 3 is 2.37 bits per heavy atom. The molecule has 35 heavy (non-hydrogen) atoms. The van der Waals surface area contributed by atoms with E-state index in [9.17, 15) is 9.59 Å². The van der Waals surface area contributed by atoms with Crippen LogP contribution in [-0.4, -0.2) is 75.4 Å². The van der Waals surface area contributed by atoms with Gasteiger partial charge in [0, 0.05) is 26.1 Å². The van der Waals surface area contributed by atoms with Crippen molar-refractivity contribution in [3.8, 4) is 0 Å². The number of hydrogen-bond donors (Lipinski definition) is 4. The lowest BCUT2D eigenvalue weighted by molar-refractivity contribution is -0.172. The summed E-state index contributed by atoms with van der Waals surface area (Å²) in [6.45, 7) is 10.8. The maximum atomic E-state index is 12.5. The molecule has 3 N–H and O–H groups in total. The van der Waals surface area contributed by atoms with Crippen LogP contribution in [0.1, 0.15) is 66.2 Å². The molecule has 1 aliphatic heterocycles. The lowest BCUT2D eigenvalue weighted by Gasteiger charge is -2.47. The number of amides is 2. The number of unbranched alkanes of at least 4 members (excludes halogenated alkanes) is 3. The van der Waals surface area contributed by atoms with Crippen LogP contribution < -0.4 is 15.4 Å². The molecule has 202 valence electrons. The van der Waals surface area contributed by atoms with E-state index in [1.807, 2.05) is 13.8 Å². The first-order chi connectivity index (χ1) is 16.6. The average molecular weight is 516 g/mol. The maximum absolute atomic E-state index is 12.5. The molecule has 1 heterocycles. The normalized spacial score (nSPS) is 25.7.